The summed E-state index contributed by atoms with van der Waals surface area (Å²) in [5.41, 5.74) is 0. The molecule has 0 aromatic heterocycles. The lowest BCUT2D eigenvalue weighted by Crippen LogP contribution is -2.36. The van der Waals surface area contributed by atoms with Gasteiger partial charge in [0, 0.05) is 13.1 Å². The average molecular weight is 272 g/mol. The summed E-state index contributed by atoms with van der Waals surface area (Å²) in [4.78, 5) is 0. The molecule has 0 rings (SSSR count). The number of sulfonamides is 1. The molecule has 13 heavy (non-hydrogen) atoms. The van der Waals surface area contributed by atoms with Crippen molar-refractivity contribution in [2.45, 2.75) is 33.2 Å². The predicted molar refractivity (Wildman–Crippen MR) is 59.4 cm³/mol. The zero-order chi connectivity index (χ0) is 10.6. The molecular weight excluding hydrogens is 254 g/mol. The second-order valence-corrected chi connectivity index (χ2v) is 7.05. The van der Waals surface area contributed by atoms with E-state index in [1.807, 2.05) is 6.92 Å². The maximum Gasteiger partial charge on any atom is 0.224 e. The first kappa shape index (κ1) is 13.4. The molecule has 0 aromatic carbocycles. The van der Waals surface area contributed by atoms with Gasteiger partial charge in [0.15, 0.2) is 0 Å². The summed E-state index contributed by atoms with van der Waals surface area (Å²) in [6, 6.07) is 0.0718. The van der Waals surface area contributed by atoms with Gasteiger partial charge in [0.05, 0.1) is 0 Å². The highest BCUT2D eigenvalue weighted by Gasteiger charge is 2.22. The first-order valence-corrected chi connectivity index (χ1v) is 7.06. The van der Waals surface area contributed by atoms with E-state index in [1.165, 1.54) is 4.31 Å². The molecule has 0 aromatic rings. The van der Waals surface area contributed by atoms with Crippen molar-refractivity contribution in [3.8, 4) is 0 Å². The van der Waals surface area contributed by atoms with Crippen LogP contribution < -0.4 is 0 Å². The van der Waals surface area contributed by atoms with Crippen molar-refractivity contribution in [2.24, 2.45) is 5.92 Å². The number of alkyl halides is 1. The van der Waals surface area contributed by atoms with Crippen LogP contribution in [0.2, 0.25) is 0 Å². The van der Waals surface area contributed by atoms with Crippen molar-refractivity contribution in [2.75, 3.05) is 11.7 Å². The molecule has 0 spiro atoms. The molecule has 0 aliphatic carbocycles. The fourth-order valence-electron chi connectivity index (χ4n) is 1.18. The van der Waals surface area contributed by atoms with Crippen molar-refractivity contribution in [3.63, 3.8) is 0 Å². The third-order valence-corrected chi connectivity index (χ3v) is 5.26. The average Bonchev–Trinajstić information content (AvgIpc) is 2.01. The van der Waals surface area contributed by atoms with E-state index in [4.69, 9.17) is 0 Å². The van der Waals surface area contributed by atoms with Crippen LogP contribution in [0.5, 0.6) is 0 Å². The van der Waals surface area contributed by atoms with E-state index in [-0.39, 0.29) is 10.7 Å². The maximum absolute atomic E-state index is 11.4. The standard InChI is InChI=1S/C8H18BrNO2S/c1-7(2)5-8(3)10(4)13(11,12)6-9/h7-8H,5-6H2,1-4H3. The summed E-state index contributed by atoms with van der Waals surface area (Å²) in [6.07, 6.45) is 0.892. The Morgan fingerprint density at radius 1 is 1.31 bits per heavy atom. The Morgan fingerprint density at radius 2 is 1.77 bits per heavy atom. The molecule has 0 fully saturated rings. The topological polar surface area (TPSA) is 37.4 Å². The van der Waals surface area contributed by atoms with Crippen molar-refractivity contribution in [1.29, 1.82) is 0 Å². The van der Waals surface area contributed by atoms with Gasteiger partial charge >= 0.3 is 0 Å². The van der Waals surface area contributed by atoms with E-state index >= 15 is 0 Å². The van der Waals surface area contributed by atoms with Crippen LogP contribution in [0.25, 0.3) is 0 Å². The monoisotopic (exact) mass is 271 g/mol. The molecule has 1 atom stereocenters. The fraction of sp³-hybridized carbons (Fsp3) is 1.00. The van der Waals surface area contributed by atoms with Crippen LogP contribution in [-0.2, 0) is 10.0 Å². The number of halogens is 1. The van der Waals surface area contributed by atoms with Gasteiger partial charge in [-0.05, 0) is 19.3 Å². The molecule has 0 aliphatic heterocycles. The summed E-state index contributed by atoms with van der Waals surface area (Å²) in [6.45, 7) is 6.11. The van der Waals surface area contributed by atoms with Gasteiger partial charge in [-0.15, -0.1) is 0 Å². The van der Waals surface area contributed by atoms with Crippen molar-refractivity contribution >= 4 is 26.0 Å². The molecule has 0 amide bonds. The zero-order valence-corrected chi connectivity index (χ0v) is 11.0. The van der Waals surface area contributed by atoms with Crippen LogP contribution in [0.3, 0.4) is 0 Å². The number of hydrogen-bond acceptors (Lipinski definition) is 2. The molecule has 0 saturated heterocycles. The zero-order valence-electron chi connectivity index (χ0n) is 8.62. The molecule has 3 nitrogen and oxygen atoms in total. The fourth-order valence-corrected chi connectivity index (χ4v) is 2.94. The quantitative estimate of drug-likeness (QED) is 0.718. The Hall–Kier alpha value is 0.390. The lowest BCUT2D eigenvalue weighted by molar-refractivity contribution is 0.339. The third-order valence-electron chi connectivity index (χ3n) is 2.01. The van der Waals surface area contributed by atoms with Crippen molar-refractivity contribution < 1.29 is 8.42 Å². The van der Waals surface area contributed by atoms with Crippen LogP contribution in [0.4, 0.5) is 0 Å². The molecule has 5 heteroatoms. The van der Waals surface area contributed by atoms with E-state index < -0.39 is 10.0 Å². The lowest BCUT2D eigenvalue weighted by atomic mass is 10.1. The van der Waals surface area contributed by atoms with Crippen molar-refractivity contribution in [3.05, 3.63) is 0 Å². The van der Waals surface area contributed by atoms with E-state index in [9.17, 15) is 8.42 Å². The predicted octanol–water partition coefficient (Wildman–Crippen LogP) is 2.04. The smallest absolute Gasteiger partial charge is 0.211 e. The Kier molecular flexibility index (Phi) is 5.47. The van der Waals surface area contributed by atoms with E-state index in [1.54, 1.807) is 7.05 Å². The Balaban J connectivity index is 4.34. The second-order valence-electron chi connectivity index (χ2n) is 3.72. The summed E-state index contributed by atoms with van der Waals surface area (Å²) < 4.78 is 24.2. The minimum absolute atomic E-state index is 0.00106. The highest BCUT2D eigenvalue weighted by Crippen LogP contribution is 2.14. The molecule has 0 bridgehead atoms. The van der Waals surface area contributed by atoms with Gasteiger partial charge < -0.3 is 0 Å². The van der Waals surface area contributed by atoms with Gasteiger partial charge in [0.25, 0.3) is 0 Å². The second kappa shape index (κ2) is 5.32. The molecule has 0 heterocycles. The van der Waals surface area contributed by atoms with Crippen LogP contribution in [0.1, 0.15) is 27.2 Å². The largest absolute Gasteiger partial charge is 0.224 e. The first-order valence-electron chi connectivity index (χ1n) is 4.33. The lowest BCUT2D eigenvalue weighted by Gasteiger charge is -2.24. The molecule has 0 radical (unpaired) electrons. The van der Waals surface area contributed by atoms with Crippen LogP contribution >= 0.6 is 15.9 Å². The van der Waals surface area contributed by atoms with E-state index in [0.29, 0.717) is 5.92 Å². The van der Waals surface area contributed by atoms with E-state index in [2.05, 4.69) is 29.8 Å². The van der Waals surface area contributed by atoms with Gasteiger partial charge in [-0.3, -0.25) is 0 Å². The molecule has 80 valence electrons. The number of nitrogens with zero attached hydrogens (tertiary/aromatic N) is 1. The maximum atomic E-state index is 11.4. The Bertz CT molecular complexity index is 239. The van der Waals surface area contributed by atoms with Crippen LogP contribution in [0, 0.1) is 5.92 Å². The minimum atomic E-state index is -3.09. The number of rotatable bonds is 5. The molecule has 0 saturated carbocycles. The SMILES string of the molecule is CC(C)CC(C)N(C)S(=O)(=O)CBr. The third kappa shape index (κ3) is 4.42. The Labute approximate surface area is 89.7 Å². The molecule has 0 aliphatic rings. The molecular formula is C8H18BrNO2S. The van der Waals surface area contributed by atoms with Gasteiger partial charge in [0.2, 0.25) is 10.0 Å². The number of hydrogen-bond donors (Lipinski definition) is 0. The van der Waals surface area contributed by atoms with Gasteiger partial charge in [-0.25, -0.2) is 12.7 Å². The van der Waals surface area contributed by atoms with E-state index in [0.717, 1.165) is 6.42 Å². The van der Waals surface area contributed by atoms with Gasteiger partial charge in [0.1, 0.15) is 4.66 Å². The Morgan fingerprint density at radius 3 is 2.08 bits per heavy atom. The first-order chi connectivity index (χ1) is 5.81. The molecule has 1 unspecified atom stereocenters. The summed E-state index contributed by atoms with van der Waals surface area (Å²) in [5, 5.41) is 0. The van der Waals surface area contributed by atoms with Crippen LogP contribution in [-0.4, -0.2) is 30.5 Å². The van der Waals surface area contributed by atoms with Gasteiger partial charge in [-0.1, -0.05) is 29.8 Å². The minimum Gasteiger partial charge on any atom is -0.211 e. The summed E-state index contributed by atoms with van der Waals surface area (Å²) in [7, 11) is -1.46. The summed E-state index contributed by atoms with van der Waals surface area (Å²) in [5.74, 6) is 0.517. The van der Waals surface area contributed by atoms with Crippen molar-refractivity contribution in [1.82, 2.24) is 4.31 Å². The van der Waals surface area contributed by atoms with Gasteiger partial charge in [-0.2, -0.15) is 0 Å². The van der Waals surface area contributed by atoms with Crippen LogP contribution in [0.15, 0.2) is 0 Å². The summed E-state index contributed by atoms with van der Waals surface area (Å²) >= 11 is 2.98. The highest BCUT2D eigenvalue weighted by molar-refractivity contribution is 9.10. The highest BCUT2D eigenvalue weighted by atomic mass is 79.9. The normalized spacial score (nSPS) is 15.3. The molecule has 0 N–H and O–H groups in total.